The first kappa shape index (κ1) is 15.2. The van der Waals surface area contributed by atoms with Gasteiger partial charge in [0.25, 0.3) is 0 Å². The summed E-state index contributed by atoms with van der Waals surface area (Å²) in [6, 6.07) is 0. The Morgan fingerprint density at radius 3 is 2.95 bits per heavy atom. The Hall–Kier alpha value is -1.20. The molecule has 5 nitrogen and oxygen atoms in total. The molecule has 5 heteroatoms. The predicted octanol–water partition coefficient (Wildman–Crippen LogP) is 2.06. The molecule has 1 fully saturated rings. The van der Waals surface area contributed by atoms with Gasteiger partial charge in [-0.05, 0) is 19.8 Å². The van der Waals surface area contributed by atoms with E-state index in [1.165, 1.54) is 0 Å². The highest BCUT2D eigenvalue weighted by molar-refractivity contribution is 5.49. The van der Waals surface area contributed by atoms with E-state index in [2.05, 4.69) is 28.7 Å². The highest BCUT2D eigenvalue weighted by Crippen LogP contribution is 2.24. The summed E-state index contributed by atoms with van der Waals surface area (Å²) in [6.07, 6.45) is 4.51. The van der Waals surface area contributed by atoms with Gasteiger partial charge in [0.05, 0.1) is 23.7 Å². The molecule has 1 unspecified atom stereocenters. The minimum Gasteiger partial charge on any atom is -0.377 e. The van der Waals surface area contributed by atoms with Gasteiger partial charge in [0.2, 0.25) is 0 Å². The van der Waals surface area contributed by atoms with Crippen LogP contribution in [-0.4, -0.2) is 35.8 Å². The van der Waals surface area contributed by atoms with Crippen molar-refractivity contribution >= 4 is 5.69 Å². The van der Waals surface area contributed by atoms with Gasteiger partial charge in [0.1, 0.15) is 5.82 Å². The van der Waals surface area contributed by atoms with Gasteiger partial charge in [-0.25, -0.2) is 9.97 Å². The maximum atomic E-state index is 5.87. The molecule has 0 radical (unpaired) electrons. The van der Waals surface area contributed by atoms with Crippen molar-refractivity contribution in [2.75, 3.05) is 24.6 Å². The average Bonchev–Trinajstić information content (AvgIpc) is 2.47. The molecule has 2 N–H and O–H groups in total. The molecule has 1 aromatic heterocycles. The maximum absolute atomic E-state index is 5.87. The second-order valence-electron chi connectivity index (χ2n) is 5.58. The lowest BCUT2D eigenvalue weighted by molar-refractivity contribution is 0.0526. The van der Waals surface area contributed by atoms with Gasteiger partial charge in [-0.3, -0.25) is 0 Å². The number of anilines is 1. The van der Waals surface area contributed by atoms with Crippen LogP contribution in [0.4, 0.5) is 5.69 Å². The molecule has 112 valence electrons. The molecule has 0 bridgehead atoms. The third-order valence-corrected chi connectivity index (χ3v) is 3.70. The number of piperidine rings is 1. The van der Waals surface area contributed by atoms with Crippen LogP contribution < -0.4 is 10.6 Å². The van der Waals surface area contributed by atoms with E-state index in [0.717, 1.165) is 49.7 Å². The van der Waals surface area contributed by atoms with Gasteiger partial charge in [-0.15, -0.1) is 0 Å². The number of ether oxygens (including phenoxy) is 1. The number of hydrogen-bond donors (Lipinski definition) is 1. The van der Waals surface area contributed by atoms with Crippen LogP contribution in [0.2, 0.25) is 0 Å². The van der Waals surface area contributed by atoms with Gasteiger partial charge in [-0.1, -0.05) is 13.8 Å². The molecular formula is C15H26N4O. The van der Waals surface area contributed by atoms with Crippen molar-refractivity contribution < 1.29 is 4.74 Å². The molecule has 20 heavy (non-hydrogen) atoms. The maximum Gasteiger partial charge on any atom is 0.131 e. The number of nitrogens with two attached hydrogens (primary N) is 1. The number of nitrogens with zero attached hydrogens (tertiary/aromatic N) is 3. The summed E-state index contributed by atoms with van der Waals surface area (Å²) < 4.78 is 5.76. The van der Waals surface area contributed by atoms with Crippen LogP contribution >= 0.6 is 0 Å². The number of rotatable bonds is 5. The molecule has 2 heterocycles. The lowest BCUT2D eigenvalue weighted by Gasteiger charge is -2.34. The predicted molar refractivity (Wildman–Crippen MR) is 80.9 cm³/mol. The van der Waals surface area contributed by atoms with Crippen molar-refractivity contribution in [3.05, 3.63) is 17.7 Å². The van der Waals surface area contributed by atoms with Crippen LogP contribution in [0.5, 0.6) is 0 Å². The summed E-state index contributed by atoms with van der Waals surface area (Å²) >= 11 is 0. The normalized spacial score (nSPS) is 19.6. The molecule has 1 aliphatic heterocycles. The molecule has 1 saturated heterocycles. The monoisotopic (exact) mass is 278 g/mol. The SMILES string of the molecule is CCOC1CCCN(c2cnc(C(C)C)nc2CN)C1. The summed E-state index contributed by atoms with van der Waals surface area (Å²) in [4.78, 5) is 11.4. The second kappa shape index (κ2) is 6.99. The molecule has 1 aromatic rings. The molecule has 0 spiro atoms. The van der Waals surface area contributed by atoms with E-state index in [1.54, 1.807) is 0 Å². The molecule has 1 atom stereocenters. The highest BCUT2D eigenvalue weighted by Gasteiger charge is 2.23. The van der Waals surface area contributed by atoms with Gasteiger partial charge < -0.3 is 15.4 Å². The standard InChI is InChI=1S/C15H26N4O/c1-4-20-12-6-5-7-19(10-12)14-9-17-15(11(2)3)18-13(14)8-16/h9,11-12H,4-8,10,16H2,1-3H3. The quantitative estimate of drug-likeness (QED) is 0.893. The topological polar surface area (TPSA) is 64.3 Å². The van der Waals surface area contributed by atoms with Crippen molar-refractivity contribution in [1.82, 2.24) is 9.97 Å². The third kappa shape index (κ3) is 3.46. The van der Waals surface area contributed by atoms with Gasteiger partial charge >= 0.3 is 0 Å². The average molecular weight is 278 g/mol. The van der Waals surface area contributed by atoms with E-state index in [-0.39, 0.29) is 0 Å². The Labute approximate surface area is 121 Å². The molecule has 0 saturated carbocycles. The fourth-order valence-corrected chi connectivity index (χ4v) is 2.65. The first-order valence-electron chi connectivity index (χ1n) is 7.58. The summed E-state index contributed by atoms with van der Waals surface area (Å²) in [5.74, 6) is 1.19. The van der Waals surface area contributed by atoms with Crippen LogP contribution in [0.3, 0.4) is 0 Å². The first-order valence-corrected chi connectivity index (χ1v) is 7.58. The zero-order chi connectivity index (χ0) is 14.5. The van der Waals surface area contributed by atoms with E-state index in [9.17, 15) is 0 Å². The van der Waals surface area contributed by atoms with E-state index < -0.39 is 0 Å². The lowest BCUT2D eigenvalue weighted by Crippen LogP contribution is -2.40. The van der Waals surface area contributed by atoms with Crippen molar-refractivity contribution in [2.24, 2.45) is 5.73 Å². The molecule has 0 amide bonds. The number of aromatic nitrogens is 2. The summed E-state index contributed by atoms with van der Waals surface area (Å²) in [6.45, 7) is 9.40. The Morgan fingerprint density at radius 1 is 1.50 bits per heavy atom. The van der Waals surface area contributed by atoms with Crippen LogP contribution in [0.25, 0.3) is 0 Å². The minimum absolute atomic E-state index is 0.309. The molecular weight excluding hydrogens is 252 g/mol. The van der Waals surface area contributed by atoms with Crippen LogP contribution in [-0.2, 0) is 11.3 Å². The zero-order valence-corrected chi connectivity index (χ0v) is 12.8. The largest absolute Gasteiger partial charge is 0.377 e. The van der Waals surface area contributed by atoms with Crippen LogP contribution in [0, 0.1) is 0 Å². The zero-order valence-electron chi connectivity index (χ0n) is 12.8. The molecule has 0 aliphatic carbocycles. The highest BCUT2D eigenvalue weighted by atomic mass is 16.5. The van der Waals surface area contributed by atoms with Gasteiger partial charge in [0.15, 0.2) is 0 Å². The third-order valence-electron chi connectivity index (χ3n) is 3.70. The van der Waals surface area contributed by atoms with Crippen LogP contribution in [0.15, 0.2) is 6.20 Å². The Bertz CT molecular complexity index is 434. The fourth-order valence-electron chi connectivity index (χ4n) is 2.65. The van der Waals surface area contributed by atoms with E-state index in [1.807, 2.05) is 13.1 Å². The summed E-state index contributed by atoms with van der Waals surface area (Å²) in [5, 5.41) is 0. The van der Waals surface area contributed by atoms with Crippen molar-refractivity contribution in [3.8, 4) is 0 Å². The van der Waals surface area contributed by atoms with Crippen molar-refractivity contribution in [2.45, 2.75) is 52.2 Å². The number of hydrogen-bond acceptors (Lipinski definition) is 5. The molecule has 0 aromatic carbocycles. The second-order valence-corrected chi connectivity index (χ2v) is 5.58. The first-order chi connectivity index (χ1) is 9.65. The molecule has 1 aliphatic rings. The van der Waals surface area contributed by atoms with E-state index in [0.29, 0.717) is 18.6 Å². The lowest BCUT2D eigenvalue weighted by atomic mass is 10.1. The van der Waals surface area contributed by atoms with Crippen molar-refractivity contribution in [1.29, 1.82) is 0 Å². The van der Waals surface area contributed by atoms with E-state index >= 15 is 0 Å². The Kier molecular flexibility index (Phi) is 5.31. The summed E-state index contributed by atoms with van der Waals surface area (Å²) in [5.41, 5.74) is 7.89. The van der Waals surface area contributed by atoms with Gasteiger partial charge in [-0.2, -0.15) is 0 Å². The summed E-state index contributed by atoms with van der Waals surface area (Å²) in [7, 11) is 0. The van der Waals surface area contributed by atoms with Crippen LogP contribution in [0.1, 0.15) is 51.0 Å². The van der Waals surface area contributed by atoms with Crippen molar-refractivity contribution in [3.63, 3.8) is 0 Å². The van der Waals surface area contributed by atoms with Gasteiger partial charge in [0, 0.05) is 32.2 Å². The smallest absolute Gasteiger partial charge is 0.131 e. The Morgan fingerprint density at radius 2 is 2.30 bits per heavy atom. The van der Waals surface area contributed by atoms with E-state index in [4.69, 9.17) is 10.5 Å². The minimum atomic E-state index is 0.309. The fraction of sp³-hybridized carbons (Fsp3) is 0.733. The molecule has 2 rings (SSSR count). The Balaban J connectivity index is 2.18.